The maximum absolute atomic E-state index is 3.80. The first-order chi connectivity index (χ1) is 10.8. The smallest absolute Gasteiger partial charge is 0.0290 e. The van der Waals surface area contributed by atoms with Crippen LogP contribution in [0.3, 0.4) is 0 Å². The van der Waals surface area contributed by atoms with Gasteiger partial charge in [0.25, 0.3) is 0 Å². The van der Waals surface area contributed by atoms with E-state index in [9.17, 15) is 0 Å². The Kier molecular flexibility index (Phi) is 5.55. The van der Waals surface area contributed by atoms with Crippen LogP contribution in [-0.2, 0) is 0 Å². The van der Waals surface area contributed by atoms with Gasteiger partial charge in [0.2, 0.25) is 0 Å². The maximum atomic E-state index is 3.80. The molecule has 2 aliphatic carbocycles. The van der Waals surface area contributed by atoms with E-state index in [2.05, 4.69) is 69.5 Å². The largest absolute Gasteiger partial charge is 0.0991 e. The molecule has 22 heavy (non-hydrogen) atoms. The van der Waals surface area contributed by atoms with E-state index in [1.165, 1.54) is 27.9 Å². The fourth-order valence-electron chi connectivity index (χ4n) is 3.00. The Hall–Kier alpha value is -2.34. The summed E-state index contributed by atoms with van der Waals surface area (Å²) in [4.78, 5) is 0. The fourth-order valence-corrected chi connectivity index (χ4v) is 3.00. The molecule has 112 valence electrons. The lowest BCUT2D eigenvalue weighted by atomic mass is 9.95. The highest BCUT2D eigenvalue weighted by molar-refractivity contribution is 5.72. The second kappa shape index (κ2) is 7.61. The van der Waals surface area contributed by atoms with Crippen molar-refractivity contribution in [2.75, 3.05) is 0 Å². The van der Waals surface area contributed by atoms with Gasteiger partial charge in [0.1, 0.15) is 0 Å². The normalized spacial score (nSPS) is 23.0. The molecule has 2 rings (SSSR count). The van der Waals surface area contributed by atoms with Crippen LogP contribution in [0.25, 0.3) is 0 Å². The van der Waals surface area contributed by atoms with Crippen molar-refractivity contribution < 1.29 is 0 Å². The van der Waals surface area contributed by atoms with Crippen LogP contribution in [0, 0.1) is 5.92 Å². The molecule has 0 fully saturated rings. The zero-order valence-corrected chi connectivity index (χ0v) is 13.5. The highest BCUT2D eigenvalue weighted by Crippen LogP contribution is 2.47. The molecule has 0 heteroatoms. The minimum absolute atomic E-state index is 0.364. The molecule has 0 heterocycles. The summed E-state index contributed by atoms with van der Waals surface area (Å²) in [6.07, 6.45) is 24.3. The molecule has 0 saturated heterocycles. The summed E-state index contributed by atoms with van der Waals surface area (Å²) >= 11 is 0. The van der Waals surface area contributed by atoms with Gasteiger partial charge in [-0.25, -0.2) is 0 Å². The van der Waals surface area contributed by atoms with Gasteiger partial charge in [-0.3, -0.25) is 0 Å². The van der Waals surface area contributed by atoms with E-state index >= 15 is 0 Å². The lowest BCUT2D eigenvalue weighted by Gasteiger charge is -2.08. The van der Waals surface area contributed by atoms with E-state index < -0.39 is 0 Å². The van der Waals surface area contributed by atoms with Crippen molar-refractivity contribution in [3.8, 4) is 0 Å². The first-order valence-electron chi connectivity index (χ1n) is 7.86. The van der Waals surface area contributed by atoms with Gasteiger partial charge >= 0.3 is 0 Å². The summed E-state index contributed by atoms with van der Waals surface area (Å²) in [5.41, 5.74) is 6.66. The summed E-state index contributed by atoms with van der Waals surface area (Å²) in [7, 11) is 0. The Balaban J connectivity index is 2.64. The van der Waals surface area contributed by atoms with Gasteiger partial charge in [0.15, 0.2) is 0 Å². The topological polar surface area (TPSA) is 0 Å². The zero-order valence-electron chi connectivity index (χ0n) is 13.5. The molecule has 0 aromatic heterocycles. The van der Waals surface area contributed by atoms with Crippen LogP contribution in [0.4, 0.5) is 0 Å². The Morgan fingerprint density at radius 2 is 1.73 bits per heavy atom. The van der Waals surface area contributed by atoms with Crippen molar-refractivity contribution in [1.82, 2.24) is 0 Å². The first-order valence-corrected chi connectivity index (χ1v) is 7.86. The Labute approximate surface area is 134 Å². The molecule has 0 aliphatic heterocycles. The van der Waals surface area contributed by atoms with E-state index in [0.717, 1.165) is 6.42 Å². The third kappa shape index (κ3) is 2.96. The monoisotopic (exact) mass is 288 g/mol. The molecule has 0 nitrogen and oxygen atoms in total. The average molecular weight is 288 g/mol. The molecule has 0 spiro atoms. The van der Waals surface area contributed by atoms with E-state index in [-0.39, 0.29) is 0 Å². The summed E-state index contributed by atoms with van der Waals surface area (Å²) in [5, 5.41) is 0. The van der Waals surface area contributed by atoms with Gasteiger partial charge in [-0.2, -0.15) is 0 Å². The van der Waals surface area contributed by atoms with Gasteiger partial charge < -0.3 is 0 Å². The minimum atomic E-state index is 0.364. The van der Waals surface area contributed by atoms with Gasteiger partial charge in [-0.05, 0) is 41.2 Å². The van der Waals surface area contributed by atoms with Crippen LogP contribution >= 0.6 is 0 Å². The van der Waals surface area contributed by atoms with Crippen molar-refractivity contribution in [2.45, 2.75) is 20.3 Å². The number of fused-ring (bicyclic) bond motifs is 1. The van der Waals surface area contributed by atoms with Gasteiger partial charge in [-0.1, -0.05) is 86.9 Å². The van der Waals surface area contributed by atoms with Crippen LogP contribution in [0.15, 0.2) is 108 Å². The van der Waals surface area contributed by atoms with Crippen molar-refractivity contribution in [1.29, 1.82) is 0 Å². The molecule has 2 aliphatic rings. The van der Waals surface area contributed by atoms with Crippen molar-refractivity contribution in [2.24, 2.45) is 5.92 Å². The standard InChI is InChI=1S/C22H24/c1-5-9-12-18-19(13-10-6-2)21-16-15-17(8-4)22(21)20(18)14-11-7-3/h5,7-16,21H,1,3,6H2,2,4H3/b12-9-,13-10-,14-11-,17-8-. The minimum Gasteiger partial charge on any atom is -0.0991 e. The molecule has 0 amide bonds. The average Bonchev–Trinajstić information content (AvgIpc) is 3.07. The molecule has 1 unspecified atom stereocenters. The van der Waals surface area contributed by atoms with Crippen molar-refractivity contribution >= 4 is 0 Å². The SMILES string of the molecule is C=C/C=C\C1=C(/C=C\CC)C2C=C/C(=C/C)C2=C1/C=C\C=C. The Bertz CT molecular complexity index is 667. The van der Waals surface area contributed by atoms with Crippen LogP contribution in [0.2, 0.25) is 0 Å². The molecule has 1 atom stereocenters. The molecule has 0 N–H and O–H groups in total. The second-order valence-electron chi connectivity index (χ2n) is 5.28. The highest BCUT2D eigenvalue weighted by atomic mass is 14.4. The number of rotatable bonds is 6. The highest BCUT2D eigenvalue weighted by Gasteiger charge is 2.32. The third-order valence-electron chi connectivity index (χ3n) is 3.96. The molecule has 0 saturated carbocycles. The quantitative estimate of drug-likeness (QED) is 0.512. The zero-order chi connectivity index (χ0) is 15.9. The molecule has 0 aromatic rings. The summed E-state index contributed by atoms with van der Waals surface area (Å²) in [5.74, 6) is 0.364. The molecule has 0 bridgehead atoms. The Morgan fingerprint density at radius 3 is 2.32 bits per heavy atom. The summed E-state index contributed by atoms with van der Waals surface area (Å²) in [6, 6.07) is 0. The van der Waals surface area contributed by atoms with Gasteiger partial charge in [0.05, 0.1) is 0 Å². The molecule has 0 aromatic carbocycles. The molecule has 0 radical (unpaired) electrons. The van der Waals surface area contributed by atoms with Crippen LogP contribution < -0.4 is 0 Å². The predicted molar refractivity (Wildman–Crippen MR) is 98.5 cm³/mol. The number of hydrogen-bond acceptors (Lipinski definition) is 0. The summed E-state index contributed by atoms with van der Waals surface area (Å²) in [6.45, 7) is 11.9. The summed E-state index contributed by atoms with van der Waals surface area (Å²) < 4.78 is 0. The van der Waals surface area contributed by atoms with Gasteiger partial charge in [0, 0.05) is 5.92 Å². The van der Waals surface area contributed by atoms with Gasteiger partial charge in [-0.15, -0.1) is 0 Å². The lowest BCUT2D eigenvalue weighted by Crippen LogP contribution is -1.95. The lowest BCUT2D eigenvalue weighted by molar-refractivity contribution is 0.989. The van der Waals surface area contributed by atoms with E-state index in [0.29, 0.717) is 5.92 Å². The van der Waals surface area contributed by atoms with Crippen molar-refractivity contribution in [3.63, 3.8) is 0 Å². The third-order valence-corrected chi connectivity index (χ3v) is 3.96. The van der Waals surface area contributed by atoms with Crippen LogP contribution in [0.1, 0.15) is 20.3 Å². The maximum Gasteiger partial charge on any atom is 0.0290 e. The number of hydrogen-bond donors (Lipinski definition) is 0. The van der Waals surface area contributed by atoms with E-state index in [1.54, 1.807) is 0 Å². The predicted octanol–water partition coefficient (Wildman–Crippen LogP) is 6.18. The molecular weight excluding hydrogens is 264 g/mol. The Morgan fingerprint density at radius 1 is 1.05 bits per heavy atom. The fraction of sp³-hybridized carbons (Fsp3) is 0.182. The van der Waals surface area contributed by atoms with E-state index in [4.69, 9.17) is 0 Å². The van der Waals surface area contributed by atoms with Crippen molar-refractivity contribution in [3.05, 3.63) is 108 Å². The van der Waals surface area contributed by atoms with Crippen LogP contribution in [0.5, 0.6) is 0 Å². The first kappa shape index (κ1) is 16.0. The number of allylic oxidation sites excluding steroid dienone is 16. The van der Waals surface area contributed by atoms with E-state index in [1.807, 2.05) is 24.3 Å². The second-order valence-corrected chi connectivity index (χ2v) is 5.28. The molecular formula is C22H24. The van der Waals surface area contributed by atoms with Crippen LogP contribution in [-0.4, -0.2) is 0 Å².